The Morgan fingerprint density at radius 3 is 0.989 bits per heavy atom. The lowest BCUT2D eigenvalue weighted by Crippen LogP contribution is -2.30. The monoisotopic (exact) mass is 1260 g/mol. The first kappa shape index (κ1) is 82.7. The molecule has 0 amide bonds. The maximum absolute atomic E-state index is 12.9. The fraction of sp³-hybridized carbons (Fsp3) is 0.638. The molecule has 16 nitrogen and oxygen atoms in total. The lowest BCUT2D eigenvalue weighted by molar-refractivity contribution is -0.161. The van der Waals surface area contributed by atoms with Gasteiger partial charge in [-0.3, -0.25) is 32.5 Å². The van der Waals surface area contributed by atoms with Crippen LogP contribution in [0.4, 0.5) is 0 Å². The highest BCUT2D eigenvalue weighted by Gasteiger charge is 2.29. The van der Waals surface area contributed by atoms with E-state index in [-0.39, 0.29) is 19.3 Å². The van der Waals surface area contributed by atoms with Crippen LogP contribution in [0.3, 0.4) is 0 Å². The van der Waals surface area contributed by atoms with Gasteiger partial charge in [-0.1, -0.05) is 206 Å². The Balaban J connectivity index is 4.75. The van der Waals surface area contributed by atoms with Gasteiger partial charge in [-0.05, 0) is 135 Å². The third-order valence-corrected chi connectivity index (χ3v) is 14.7. The molecule has 0 fully saturated rings. The number of carbonyl (C=O) groups excluding carboxylic acids is 3. The van der Waals surface area contributed by atoms with E-state index in [1.54, 1.807) is 0 Å². The largest absolute Gasteiger partial charge is 0.472 e. The molecule has 0 aliphatic heterocycles. The van der Waals surface area contributed by atoms with Crippen LogP contribution >= 0.6 is 15.6 Å². The van der Waals surface area contributed by atoms with Crippen molar-refractivity contribution in [3.63, 3.8) is 0 Å². The van der Waals surface area contributed by atoms with E-state index in [0.29, 0.717) is 19.3 Å². The van der Waals surface area contributed by atoms with Crippen molar-refractivity contribution < 1.29 is 75.8 Å². The second-order valence-electron chi connectivity index (χ2n) is 21.1. The summed E-state index contributed by atoms with van der Waals surface area (Å²) in [5.41, 5.74) is 0. The number of allylic oxidation sites excluding steroid dienone is 22. The Bertz CT molecular complexity index is 2120. The fourth-order valence-corrected chi connectivity index (χ4v) is 9.49. The summed E-state index contributed by atoms with van der Waals surface area (Å²) in [6, 6.07) is 0. The molecule has 0 aromatic heterocycles. The second-order valence-corrected chi connectivity index (χ2v) is 24.1. The average Bonchev–Trinajstić information content (AvgIpc) is 3.63. The fourth-order valence-electron chi connectivity index (χ4n) is 7.91. The molecule has 0 saturated heterocycles. The molecular weight excluding hydrogens is 1150 g/mol. The van der Waals surface area contributed by atoms with Gasteiger partial charge in [-0.2, -0.15) is 0 Å². The highest BCUT2D eigenvalue weighted by atomic mass is 31.2. The van der Waals surface area contributed by atoms with E-state index in [9.17, 15) is 43.5 Å². The molecule has 0 saturated carbocycles. The minimum Gasteiger partial charge on any atom is -0.463 e. The number of rotatable bonds is 60. The number of unbranched alkanes of at least 4 members (excludes halogenated alkanes) is 15. The molecule has 0 spiro atoms. The van der Waals surface area contributed by atoms with Gasteiger partial charge in [-0.25, -0.2) is 9.13 Å². The van der Waals surface area contributed by atoms with Crippen molar-refractivity contribution in [2.24, 2.45) is 0 Å². The summed E-state index contributed by atoms with van der Waals surface area (Å²) in [5.74, 6) is -1.66. The van der Waals surface area contributed by atoms with Crippen molar-refractivity contribution in [3.8, 4) is 0 Å². The smallest absolute Gasteiger partial charge is 0.463 e. The zero-order valence-electron chi connectivity index (χ0n) is 53.4. The average molecular weight is 1260 g/mol. The van der Waals surface area contributed by atoms with Crippen molar-refractivity contribution in [1.29, 1.82) is 0 Å². The van der Waals surface area contributed by atoms with Crippen LogP contribution in [0.2, 0.25) is 0 Å². The van der Waals surface area contributed by atoms with Gasteiger partial charge < -0.3 is 34.2 Å². The lowest BCUT2D eigenvalue weighted by atomic mass is 10.1. The number of hydrogen-bond acceptors (Lipinski definition) is 14. The zero-order valence-corrected chi connectivity index (χ0v) is 55.2. The highest BCUT2D eigenvalue weighted by Crippen LogP contribution is 2.45. The number of aliphatic hydroxyl groups is 2. The van der Waals surface area contributed by atoms with Crippen LogP contribution in [0.25, 0.3) is 0 Å². The maximum Gasteiger partial charge on any atom is 0.472 e. The van der Waals surface area contributed by atoms with Crippen LogP contribution in [0.15, 0.2) is 134 Å². The molecule has 0 aromatic carbocycles. The minimum absolute atomic E-state index is 0.0820. The van der Waals surface area contributed by atoms with E-state index in [1.165, 1.54) is 25.7 Å². The Kier molecular flexibility index (Phi) is 58.8. The summed E-state index contributed by atoms with van der Waals surface area (Å²) < 4.78 is 60.7. The molecule has 5 unspecified atom stereocenters. The quantitative estimate of drug-likeness (QED) is 0.0146. The molecule has 0 aromatic rings. The van der Waals surface area contributed by atoms with Crippen molar-refractivity contribution in [2.75, 3.05) is 39.6 Å². The lowest BCUT2D eigenvalue weighted by Gasteiger charge is -2.21. The number of carbonyl (C=O) groups is 3. The third-order valence-electron chi connectivity index (χ3n) is 12.8. The predicted octanol–water partition coefficient (Wildman–Crippen LogP) is 17.6. The molecule has 4 N–H and O–H groups in total. The summed E-state index contributed by atoms with van der Waals surface area (Å²) in [6.45, 7) is 2.30. The number of phosphoric acid groups is 2. The van der Waals surface area contributed by atoms with Crippen molar-refractivity contribution in [2.45, 2.75) is 245 Å². The normalized spacial score (nSPS) is 15.2. The number of esters is 3. The second kappa shape index (κ2) is 61.9. The van der Waals surface area contributed by atoms with Crippen molar-refractivity contribution in [3.05, 3.63) is 134 Å². The SMILES string of the molecule is CC/C=C\C/C=C\C/C=C\C/C=C\C/C=C\CCCCCC(=O)OCC(O)COP(=O)(O)OCC(O)COP(=O)(O)OCC(COC(=O)CCCCC/C=C\C/C=C\C/C=C\C/C=C\C/C=C\CC)OC(=O)CCCCCCC/C=C\CCCCCC. The standard InChI is InChI=1S/C69H114O16P2/c1-4-7-10-13-16-19-22-25-27-29-31-33-35-38-40-43-46-49-52-55-67(72)79-58-64(70)59-81-86(75,76)82-60-65(71)61-83-87(77,78)84-63-66(85-69(74)57-54-51-48-45-42-37-24-21-18-15-12-9-6-3)62-80-68(73)56-53-50-47-44-41-39-36-34-32-30-28-26-23-20-17-14-11-8-5-2/h7-8,10-11,16-17,19-21,24-28,31-34,38-41,64-66,70-71H,4-6,9,12-15,18,22-23,29-30,35-37,42-63H2,1-3H3,(H,75,76)(H,77,78)/b10-7-,11-8-,19-16-,20-17-,24-21-,27-25-,28-26-,33-31-,34-32-,40-38-,41-39-. The summed E-state index contributed by atoms with van der Waals surface area (Å²) in [6.07, 6.45) is 70.8. The zero-order chi connectivity index (χ0) is 63.8. The van der Waals surface area contributed by atoms with Crippen LogP contribution in [0.5, 0.6) is 0 Å². The van der Waals surface area contributed by atoms with Crippen LogP contribution in [0.1, 0.15) is 226 Å². The van der Waals surface area contributed by atoms with Gasteiger partial charge in [-0.15, -0.1) is 0 Å². The molecule has 18 heteroatoms. The summed E-state index contributed by atoms with van der Waals surface area (Å²) in [4.78, 5) is 58.2. The Morgan fingerprint density at radius 1 is 0.333 bits per heavy atom. The molecule has 0 radical (unpaired) electrons. The topological polar surface area (TPSA) is 231 Å². The molecule has 496 valence electrons. The third kappa shape index (κ3) is 63.1. The Hall–Kier alpha value is -4.31. The minimum atomic E-state index is -4.94. The Labute approximate surface area is 525 Å². The van der Waals surface area contributed by atoms with Gasteiger partial charge in [0, 0.05) is 19.3 Å². The molecule has 0 rings (SSSR count). The maximum atomic E-state index is 12.9. The molecule has 0 heterocycles. The van der Waals surface area contributed by atoms with Crippen LogP contribution in [0, 0.1) is 0 Å². The Morgan fingerprint density at radius 2 is 0.609 bits per heavy atom. The van der Waals surface area contributed by atoms with Crippen molar-refractivity contribution in [1.82, 2.24) is 0 Å². The van der Waals surface area contributed by atoms with E-state index in [0.717, 1.165) is 141 Å². The molecule has 0 aliphatic rings. The van der Waals surface area contributed by atoms with Crippen LogP contribution in [-0.4, -0.2) is 95.9 Å². The molecule has 0 aliphatic carbocycles. The van der Waals surface area contributed by atoms with E-state index in [1.807, 2.05) is 0 Å². The summed E-state index contributed by atoms with van der Waals surface area (Å²) in [7, 11) is -9.80. The summed E-state index contributed by atoms with van der Waals surface area (Å²) in [5, 5.41) is 20.5. The first-order valence-corrected chi connectivity index (χ1v) is 35.5. The van der Waals surface area contributed by atoms with Crippen LogP contribution in [-0.2, 0) is 55.8 Å². The van der Waals surface area contributed by atoms with Gasteiger partial charge >= 0.3 is 33.6 Å². The van der Waals surface area contributed by atoms with E-state index >= 15 is 0 Å². The number of hydrogen-bond donors (Lipinski definition) is 4. The van der Waals surface area contributed by atoms with Gasteiger partial charge in [0.1, 0.15) is 25.4 Å². The molecule has 5 atom stereocenters. The van der Waals surface area contributed by atoms with Crippen LogP contribution < -0.4 is 0 Å². The number of aliphatic hydroxyl groups excluding tert-OH is 2. The number of phosphoric ester groups is 2. The van der Waals surface area contributed by atoms with E-state index in [2.05, 4.69) is 154 Å². The highest BCUT2D eigenvalue weighted by molar-refractivity contribution is 7.47. The van der Waals surface area contributed by atoms with Gasteiger partial charge in [0.25, 0.3) is 0 Å². The van der Waals surface area contributed by atoms with Gasteiger partial charge in [0.05, 0.1) is 26.4 Å². The summed E-state index contributed by atoms with van der Waals surface area (Å²) >= 11 is 0. The van der Waals surface area contributed by atoms with Crippen molar-refractivity contribution >= 4 is 33.6 Å². The first-order chi connectivity index (χ1) is 42.2. The van der Waals surface area contributed by atoms with Gasteiger partial charge in [0.2, 0.25) is 0 Å². The molecular formula is C69H114O16P2. The molecule has 0 bridgehead atoms. The van der Waals surface area contributed by atoms with Gasteiger partial charge in [0.15, 0.2) is 6.10 Å². The van der Waals surface area contributed by atoms with E-state index in [4.69, 9.17) is 32.3 Å². The first-order valence-electron chi connectivity index (χ1n) is 32.5. The predicted molar refractivity (Wildman–Crippen MR) is 353 cm³/mol. The number of ether oxygens (including phenoxy) is 3. The van der Waals surface area contributed by atoms with E-state index < -0.39 is 91.5 Å². The molecule has 87 heavy (non-hydrogen) atoms.